The number of hydrogen-bond donors (Lipinski definition) is 1. The summed E-state index contributed by atoms with van der Waals surface area (Å²) in [4.78, 5) is 29.1. The van der Waals surface area contributed by atoms with E-state index in [0.717, 1.165) is 29.0 Å². The van der Waals surface area contributed by atoms with Crippen LogP contribution in [0.3, 0.4) is 0 Å². The van der Waals surface area contributed by atoms with Crippen molar-refractivity contribution in [3.8, 4) is 5.75 Å². The van der Waals surface area contributed by atoms with Gasteiger partial charge in [0.15, 0.2) is 0 Å². The molecule has 3 aromatic rings. The van der Waals surface area contributed by atoms with Gasteiger partial charge in [0.2, 0.25) is 21.8 Å². The Kier molecular flexibility index (Phi) is 11.9. The van der Waals surface area contributed by atoms with Gasteiger partial charge in [-0.2, -0.15) is 0 Å². The Morgan fingerprint density at radius 3 is 2.27 bits per heavy atom. The van der Waals surface area contributed by atoms with E-state index in [1.54, 1.807) is 24.3 Å². The lowest BCUT2D eigenvalue weighted by molar-refractivity contribution is -0.140. The van der Waals surface area contributed by atoms with E-state index in [-0.39, 0.29) is 29.6 Å². The SMILES string of the molecule is CCCCNC(=O)[C@H](Cc1ccccc1)N(Cc1ccccc1Cl)C(=O)CN(c1ccc(OC)c(Cl)c1)S(C)(=O)=O. The first kappa shape index (κ1) is 32.2. The number of benzene rings is 3. The molecule has 0 aliphatic carbocycles. The maximum Gasteiger partial charge on any atom is 0.244 e. The van der Waals surface area contributed by atoms with Crippen LogP contribution in [0.4, 0.5) is 5.69 Å². The van der Waals surface area contributed by atoms with E-state index in [2.05, 4.69) is 5.32 Å². The predicted molar refractivity (Wildman–Crippen MR) is 164 cm³/mol. The molecule has 1 atom stereocenters. The van der Waals surface area contributed by atoms with Crippen molar-refractivity contribution in [1.82, 2.24) is 10.2 Å². The minimum Gasteiger partial charge on any atom is -0.495 e. The second kappa shape index (κ2) is 15.1. The van der Waals surface area contributed by atoms with Gasteiger partial charge in [0.05, 0.1) is 24.1 Å². The van der Waals surface area contributed by atoms with Crippen LogP contribution in [0.2, 0.25) is 10.0 Å². The molecule has 11 heteroatoms. The molecule has 0 unspecified atom stereocenters. The number of carbonyl (C=O) groups is 2. The van der Waals surface area contributed by atoms with Crippen LogP contribution in [0.25, 0.3) is 0 Å². The highest BCUT2D eigenvalue weighted by molar-refractivity contribution is 7.92. The predicted octanol–water partition coefficient (Wildman–Crippen LogP) is 5.32. The number of unbranched alkanes of at least 4 members (excludes halogenated alkanes) is 1. The van der Waals surface area contributed by atoms with Gasteiger partial charge in [-0.15, -0.1) is 0 Å². The van der Waals surface area contributed by atoms with Gasteiger partial charge in [0, 0.05) is 24.5 Å². The van der Waals surface area contributed by atoms with Crippen molar-refractivity contribution >= 4 is 50.7 Å². The molecule has 0 spiro atoms. The number of halogens is 2. The molecular formula is C30H35Cl2N3O5S. The third-order valence-corrected chi connectivity index (χ3v) is 8.31. The second-order valence-corrected chi connectivity index (χ2v) is 12.3. The van der Waals surface area contributed by atoms with Crippen LogP contribution in [0.1, 0.15) is 30.9 Å². The standard InChI is InChI=1S/C30H35Cl2N3O5S/c1-4-5-17-33-30(37)27(18-22-11-7-6-8-12-22)34(20-23-13-9-10-14-25(23)31)29(36)21-35(41(3,38)39)24-15-16-28(40-2)26(32)19-24/h6-16,19,27H,4-5,17-18,20-21H2,1-3H3,(H,33,37)/t27-/m0/s1. The first-order valence-corrected chi connectivity index (χ1v) is 15.8. The zero-order valence-electron chi connectivity index (χ0n) is 23.3. The Hall–Kier alpha value is -3.27. The monoisotopic (exact) mass is 619 g/mol. The van der Waals surface area contributed by atoms with Gasteiger partial charge in [0.25, 0.3) is 0 Å². The summed E-state index contributed by atoms with van der Waals surface area (Å²) < 4.78 is 32.0. The molecule has 0 aromatic heterocycles. The molecule has 0 aliphatic heterocycles. The first-order valence-electron chi connectivity index (χ1n) is 13.2. The number of hydrogen-bond acceptors (Lipinski definition) is 5. The summed E-state index contributed by atoms with van der Waals surface area (Å²) in [6.07, 6.45) is 2.90. The largest absolute Gasteiger partial charge is 0.495 e. The van der Waals surface area contributed by atoms with Gasteiger partial charge in [-0.3, -0.25) is 13.9 Å². The number of carbonyl (C=O) groups excluding carboxylic acids is 2. The lowest BCUT2D eigenvalue weighted by Crippen LogP contribution is -2.53. The van der Waals surface area contributed by atoms with Crippen molar-refractivity contribution < 1.29 is 22.7 Å². The van der Waals surface area contributed by atoms with Crippen molar-refractivity contribution in [3.05, 3.63) is 94.0 Å². The number of sulfonamides is 1. The molecule has 3 rings (SSSR count). The Labute approximate surface area is 252 Å². The van der Waals surface area contributed by atoms with E-state index >= 15 is 0 Å². The average molecular weight is 621 g/mol. The van der Waals surface area contributed by atoms with Gasteiger partial charge >= 0.3 is 0 Å². The van der Waals surface area contributed by atoms with Gasteiger partial charge < -0.3 is 15.0 Å². The molecule has 0 saturated heterocycles. The van der Waals surface area contributed by atoms with Crippen molar-refractivity contribution in [2.45, 2.75) is 38.8 Å². The lowest BCUT2D eigenvalue weighted by atomic mass is 10.0. The van der Waals surface area contributed by atoms with Crippen LogP contribution in [0, 0.1) is 0 Å². The lowest BCUT2D eigenvalue weighted by Gasteiger charge is -2.33. The number of nitrogens with zero attached hydrogens (tertiary/aromatic N) is 2. The van der Waals surface area contributed by atoms with Crippen molar-refractivity contribution in [2.75, 3.05) is 30.8 Å². The third kappa shape index (κ3) is 9.11. The average Bonchev–Trinajstić information content (AvgIpc) is 2.94. The molecule has 1 N–H and O–H groups in total. The van der Waals surface area contributed by atoms with Crippen LogP contribution in [-0.4, -0.2) is 57.6 Å². The second-order valence-electron chi connectivity index (χ2n) is 9.55. The highest BCUT2D eigenvalue weighted by Gasteiger charge is 2.33. The summed E-state index contributed by atoms with van der Waals surface area (Å²) in [7, 11) is -2.48. The summed E-state index contributed by atoms with van der Waals surface area (Å²) in [5.74, 6) is -0.544. The van der Waals surface area contributed by atoms with E-state index in [1.165, 1.54) is 30.2 Å². The fourth-order valence-corrected chi connectivity index (χ4v) is 5.58. The van der Waals surface area contributed by atoms with Gasteiger partial charge in [0.1, 0.15) is 18.3 Å². The Morgan fingerprint density at radius 2 is 1.66 bits per heavy atom. The van der Waals surface area contributed by atoms with Crippen LogP contribution in [0.15, 0.2) is 72.8 Å². The molecule has 0 heterocycles. The molecule has 220 valence electrons. The van der Waals surface area contributed by atoms with Crippen molar-refractivity contribution in [1.29, 1.82) is 0 Å². The van der Waals surface area contributed by atoms with Gasteiger partial charge in [-0.25, -0.2) is 8.42 Å². The molecule has 2 amide bonds. The maximum atomic E-state index is 14.1. The van der Waals surface area contributed by atoms with Gasteiger partial charge in [-0.05, 0) is 41.8 Å². The minimum absolute atomic E-state index is 0.00181. The number of methoxy groups -OCH3 is 1. The van der Waals surface area contributed by atoms with Crippen LogP contribution < -0.4 is 14.4 Å². The number of rotatable bonds is 14. The van der Waals surface area contributed by atoms with Crippen molar-refractivity contribution in [2.24, 2.45) is 0 Å². The normalized spacial score (nSPS) is 11.9. The van der Waals surface area contributed by atoms with Crippen LogP contribution >= 0.6 is 23.2 Å². The van der Waals surface area contributed by atoms with Crippen molar-refractivity contribution in [3.63, 3.8) is 0 Å². The Balaban J connectivity index is 2.05. The van der Waals surface area contributed by atoms with Gasteiger partial charge in [-0.1, -0.05) is 85.1 Å². The molecule has 0 saturated carbocycles. The summed E-state index contributed by atoms with van der Waals surface area (Å²) >= 11 is 12.7. The molecular weight excluding hydrogens is 585 g/mol. The fourth-order valence-electron chi connectivity index (χ4n) is 4.29. The molecule has 0 radical (unpaired) electrons. The summed E-state index contributed by atoms with van der Waals surface area (Å²) in [5, 5.41) is 3.56. The highest BCUT2D eigenvalue weighted by Crippen LogP contribution is 2.30. The molecule has 3 aromatic carbocycles. The molecule has 8 nitrogen and oxygen atoms in total. The Morgan fingerprint density at radius 1 is 0.976 bits per heavy atom. The maximum absolute atomic E-state index is 14.1. The molecule has 0 aliphatic rings. The Bertz CT molecular complexity index is 1440. The summed E-state index contributed by atoms with van der Waals surface area (Å²) in [6.45, 7) is 1.91. The first-order chi connectivity index (χ1) is 19.5. The van der Waals surface area contributed by atoms with E-state index < -0.39 is 28.5 Å². The zero-order valence-corrected chi connectivity index (χ0v) is 25.7. The van der Waals surface area contributed by atoms with E-state index in [4.69, 9.17) is 27.9 Å². The highest BCUT2D eigenvalue weighted by atomic mass is 35.5. The molecule has 0 fully saturated rings. The molecule has 41 heavy (non-hydrogen) atoms. The topological polar surface area (TPSA) is 96.0 Å². The van der Waals surface area contributed by atoms with Crippen LogP contribution in [0.5, 0.6) is 5.75 Å². The zero-order chi connectivity index (χ0) is 30.0. The minimum atomic E-state index is -3.93. The smallest absolute Gasteiger partial charge is 0.244 e. The number of ether oxygens (including phenoxy) is 1. The van der Waals surface area contributed by atoms with E-state index in [9.17, 15) is 18.0 Å². The summed E-state index contributed by atoms with van der Waals surface area (Å²) in [5.41, 5.74) is 1.67. The number of nitrogens with one attached hydrogen (secondary N) is 1. The fraction of sp³-hybridized carbons (Fsp3) is 0.333. The number of amides is 2. The number of anilines is 1. The van der Waals surface area contributed by atoms with E-state index in [0.29, 0.717) is 22.9 Å². The van der Waals surface area contributed by atoms with Crippen LogP contribution in [-0.2, 0) is 32.6 Å². The molecule has 0 bridgehead atoms. The van der Waals surface area contributed by atoms with E-state index in [1.807, 2.05) is 37.3 Å². The summed E-state index contributed by atoms with van der Waals surface area (Å²) in [6, 6.07) is 19.9. The third-order valence-electron chi connectivity index (χ3n) is 6.50. The quantitative estimate of drug-likeness (QED) is 0.246.